The van der Waals surface area contributed by atoms with Crippen LogP contribution in [-0.2, 0) is 9.59 Å². The second-order valence-corrected chi connectivity index (χ2v) is 9.69. The molecule has 0 aromatic carbocycles. The number of halogens is 1. The van der Waals surface area contributed by atoms with Crippen LogP contribution in [0.25, 0.3) is 0 Å². The number of Topliss-reactive ketones (excluding diaryl/α,β-unsaturated/α-hetero) is 2. The molecule has 4 aliphatic rings. The molecule has 4 heteroatoms. The van der Waals surface area contributed by atoms with Crippen LogP contribution in [0.15, 0.2) is 0 Å². The van der Waals surface area contributed by atoms with Crippen LogP contribution in [0, 0.1) is 28.6 Å². The first-order valence-electron chi connectivity index (χ1n) is 9.52. The molecule has 0 aromatic rings. The quantitative estimate of drug-likeness (QED) is 0.735. The first kappa shape index (κ1) is 16.7. The fraction of sp³-hybridized carbons (Fsp3) is 0.900. The molecule has 0 aliphatic heterocycles. The van der Waals surface area contributed by atoms with Crippen molar-refractivity contribution in [3.63, 3.8) is 0 Å². The highest BCUT2D eigenvalue weighted by Crippen LogP contribution is 2.69. The van der Waals surface area contributed by atoms with Crippen LogP contribution in [0.2, 0.25) is 0 Å². The highest BCUT2D eigenvalue weighted by Gasteiger charge is 2.73. The average Bonchev–Trinajstić information content (AvgIpc) is 2.72. The van der Waals surface area contributed by atoms with Gasteiger partial charge in [-0.25, -0.2) is 4.39 Å². The molecule has 0 bridgehead atoms. The SMILES string of the molecule is C[C@]1(O)CC[C@@H]2[C@@H]3CC[C@H]4CC(=O)CC[C@]4(C)[C@@]3(F)C(=O)C[C@@]21C. The molecule has 1 N–H and O–H groups in total. The predicted octanol–water partition coefficient (Wildman–Crippen LogP) is 3.62. The molecule has 4 fully saturated rings. The fourth-order valence-corrected chi connectivity index (χ4v) is 6.98. The lowest BCUT2D eigenvalue weighted by Gasteiger charge is -2.62. The summed E-state index contributed by atoms with van der Waals surface area (Å²) >= 11 is 0. The molecule has 3 nitrogen and oxygen atoms in total. The molecule has 0 heterocycles. The Morgan fingerprint density at radius 3 is 2.42 bits per heavy atom. The van der Waals surface area contributed by atoms with Gasteiger partial charge in [0.15, 0.2) is 11.5 Å². The number of hydrogen-bond acceptors (Lipinski definition) is 3. The second-order valence-electron chi connectivity index (χ2n) is 9.69. The average molecular weight is 336 g/mol. The third-order valence-electron chi connectivity index (χ3n) is 8.88. The van der Waals surface area contributed by atoms with Gasteiger partial charge in [-0.05, 0) is 50.9 Å². The number of carbonyl (C=O) groups is 2. The zero-order valence-electron chi connectivity index (χ0n) is 15.0. The van der Waals surface area contributed by atoms with Crippen LogP contribution >= 0.6 is 0 Å². The zero-order chi connectivity index (χ0) is 17.5. The van der Waals surface area contributed by atoms with E-state index in [0.29, 0.717) is 32.1 Å². The van der Waals surface area contributed by atoms with E-state index in [-0.39, 0.29) is 35.7 Å². The van der Waals surface area contributed by atoms with Crippen LogP contribution in [0.3, 0.4) is 0 Å². The second kappa shape index (κ2) is 4.69. The van der Waals surface area contributed by atoms with Gasteiger partial charge in [-0.1, -0.05) is 13.8 Å². The van der Waals surface area contributed by atoms with E-state index in [1.165, 1.54) is 0 Å². The summed E-state index contributed by atoms with van der Waals surface area (Å²) < 4.78 is 16.6. The minimum Gasteiger partial charge on any atom is -0.390 e. The summed E-state index contributed by atoms with van der Waals surface area (Å²) in [6.45, 7) is 5.73. The molecule has 0 saturated heterocycles. The van der Waals surface area contributed by atoms with Crippen molar-refractivity contribution in [3.05, 3.63) is 0 Å². The van der Waals surface area contributed by atoms with E-state index in [4.69, 9.17) is 0 Å². The molecule has 134 valence electrons. The fourth-order valence-electron chi connectivity index (χ4n) is 6.98. The summed E-state index contributed by atoms with van der Waals surface area (Å²) in [5, 5.41) is 10.9. The first-order chi connectivity index (χ1) is 11.1. The van der Waals surface area contributed by atoms with Gasteiger partial charge >= 0.3 is 0 Å². The molecule has 0 radical (unpaired) electrons. The molecular weight excluding hydrogens is 307 g/mol. The third-order valence-corrected chi connectivity index (χ3v) is 8.88. The van der Waals surface area contributed by atoms with Crippen LogP contribution in [0.4, 0.5) is 4.39 Å². The number of aliphatic hydroxyl groups is 1. The zero-order valence-corrected chi connectivity index (χ0v) is 15.0. The molecule has 4 saturated carbocycles. The maximum Gasteiger partial charge on any atom is 0.177 e. The van der Waals surface area contributed by atoms with Gasteiger partial charge in [0.25, 0.3) is 0 Å². The lowest BCUT2D eigenvalue weighted by atomic mass is 9.42. The molecule has 24 heavy (non-hydrogen) atoms. The maximum absolute atomic E-state index is 16.6. The first-order valence-corrected chi connectivity index (χ1v) is 9.52. The highest BCUT2D eigenvalue weighted by molar-refractivity contribution is 5.91. The van der Waals surface area contributed by atoms with E-state index < -0.39 is 22.1 Å². The largest absolute Gasteiger partial charge is 0.390 e. The van der Waals surface area contributed by atoms with Gasteiger partial charge < -0.3 is 5.11 Å². The van der Waals surface area contributed by atoms with E-state index in [9.17, 15) is 14.7 Å². The van der Waals surface area contributed by atoms with Crippen molar-refractivity contribution in [2.45, 2.75) is 83.4 Å². The van der Waals surface area contributed by atoms with E-state index in [1.807, 2.05) is 20.8 Å². The number of fused-ring (bicyclic) bond motifs is 5. The lowest BCUT2D eigenvalue weighted by Crippen LogP contribution is -2.68. The lowest BCUT2D eigenvalue weighted by molar-refractivity contribution is -0.205. The summed E-state index contributed by atoms with van der Waals surface area (Å²) in [5.41, 5.74) is -3.94. The van der Waals surface area contributed by atoms with Gasteiger partial charge in [0, 0.05) is 36.0 Å². The Kier molecular flexibility index (Phi) is 3.26. The van der Waals surface area contributed by atoms with Crippen molar-refractivity contribution < 1.29 is 19.1 Å². The van der Waals surface area contributed by atoms with Crippen LogP contribution in [0.1, 0.15) is 72.1 Å². The predicted molar refractivity (Wildman–Crippen MR) is 88.1 cm³/mol. The smallest absolute Gasteiger partial charge is 0.177 e. The van der Waals surface area contributed by atoms with E-state index in [2.05, 4.69) is 0 Å². The molecule has 0 spiro atoms. The van der Waals surface area contributed by atoms with Crippen molar-refractivity contribution in [2.24, 2.45) is 28.6 Å². The minimum atomic E-state index is -1.82. The van der Waals surface area contributed by atoms with Crippen molar-refractivity contribution >= 4 is 11.6 Å². The summed E-state index contributed by atoms with van der Waals surface area (Å²) in [7, 11) is 0. The van der Waals surface area contributed by atoms with E-state index in [0.717, 1.165) is 12.8 Å². The Hall–Kier alpha value is -0.770. The van der Waals surface area contributed by atoms with Crippen LogP contribution in [-0.4, -0.2) is 27.9 Å². The van der Waals surface area contributed by atoms with Crippen molar-refractivity contribution in [3.8, 4) is 0 Å². The molecule has 0 amide bonds. The molecule has 7 atom stereocenters. The normalized spacial score (nSPS) is 57.3. The number of alkyl halides is 1. The van der Waals surface area contributed by atoms with Gasteiger partial charge in [-0.15, -0.1) is 0 Å². The Labute approximate surface area is 143 Å². The van der Waals surface area contributed by atoms with E-state index in [1.54, 1.807) is 0 Å². The Morgan fingerprint density at radius 2 is 1.71 bits per heavy atom. The summed E-state index contributed by atoms with van der Waals surface area (Å²) in [6.07, 6.45) is 4.41. The number of rotatable bonds is 0. The molecule has 0 unspecified atom stereocenters. The molecule has 4 aliphatic carbocycles. The van der Waals surface area contributed by atoms with Gasteiger partial charge in [-0.2, -0.15) is 0 Å². The van der Waals surface area contributed by atoms with Crippen molar-refractivity contribution in [2.75, 3.05) is 0 Å². The van der Waals surface area contributed by atoms with Gasteiger partial charge in [0.1, 0.15) is 5.78 Å². The van der Waals surface area contributed by atoms with Gasteiger partial charge in [-0.3, -0.25) is 9.59 Å². The van der Waals surface area contributed by atoms with E-state index >= 15 is 4.39 Å². The maximum atomic E-state index is 16.6. The third kappa shape index (κ3) is 1.71. The highest BCUT2D eigenvalue weighted by atomic mass is 19.1. The molecule has 4 rings (SSSR count). The van der Waals surface area contributed by atoms with Crippen LogP contribution < -0.4 is 0 Å². The van der Waals surface area contributed by atoms with Crippen molar-refractivity contribution in [1.82, 2.24) is 0 Å². The molecular formula is C20H29FO3. The topological polar surface area (TPSA) is 54.4 Å². The Balaban J connectivity index is 1.79. The summed E-state index contributed by atoms with van der Waals surface area (Å²) in [6, 6.07) is 0. The number of ketones is 2. The standard InChI is InChI=1S/C20H29FO3/c1-17-8-6-13(22)10-12(17)4-5-15-14-7-9-19(3,24)18(14,2)11-16(23)20(15,17)21/h12,14-15,24H,4-11H2,1-3H3/t12-,14+,15-,17-,18-,19-,20-/m0/s1. The van der Waals surface area contributed by atoms with Crippen LogP contribution in [0.5, 0.6) is 0 Å². The number of hydrogen-bond donors (Lipinski definition) is 1. The Bertz CT molecular complexity index is 614. The van der Waals surface area contributed by atoms with Gasteiger partial charge in [0.2, 0.25) is 0 Å². The summed E-state index contributed by atoms with van der Waals surface area (Å²) in [5.74, 6) is -0.334. The van der Waals surface area contributed by atoms with Crippen molar-refractivity contribution in [1.29, 1.82) is 0 Å². The monoisotopic (exact) mass is 336 g/mol. The number of carbonyl (C=O) groups excluding carboxylic acids is 2. The minimum absolute atomic E-state index is 0.00443. The summed E-state index contributed by atoms with van der Waals surface area (Å²) in [4.78, 5) is 25.0. The Morgan fingerprint density at radius 1 is 1.00 bits per heavy atom. The van der Waals surface area contributed by atoms with Gasteiger partial charge in [0.05, 0.1) is 5.60 Å². The molecule has 0 aromatic heterocycles.